The Morgan fingerprint density at radius 2 is 1.89 bits per heavy atom. The number of aliphatic imine (C=N–C) groups is 1. The zero-order chi connectivity index (χ0) is 25.8. The Kier molecular flexibility index (Phi) is 7.50. The number of benzene rings is 2. The zero-order valence-corrected chi connectivity index (χ0v) is 21.4. The highest BCUT2D eigenvalue weighted by Gasteiger charge is 2.28. The molecule has 1 aromatic heterocycles. The Morgan fingerprint density at radius 3 is 2.70 bits per heavy atom. The van der Waals surface area contributed by atoms with Crippen LogP contribution < -0.4 is 22.1 Å². The van der Waals surface area contributed by atoms with Gasteiger partial charge in [0.15, 0.2) is 5.96 Å². The fraction of sp³-hybridized carbons (Fsp3) is 0.429. The number of fused-ring (bicyclic) bond motifs is 1. The number of carbonyl (C=O) groups is 1. The molecule has 5 rings (SSSR count). The van der Waals surface area contributed by atoms with Crippen molar-refractivity contribution in [3.05, 3.63) is 65.5 Å². The largest absolute Gasteiger partial charge is 0.370 e. The Hall–Kier alpha value is -3.72. The van der Waals surface area contributed by atoms with Crippen LogP contribution in [-0.4, -0.2) is 57.9 Å². The van der Waals surface area contributed by atoms with E-state index in [-0.39, 0.29) is 35.8 Å². The summed E-state index contributed by atoms with van der Waals surface area (Å²) < 4.78 is 0. The molecule has 3 aromatic rings. The second kappa shape index (κ2) is 11.1. The van der Waals surface area contributed by atoms with Crippen LogP contribution in [0.15, 0.2) is 53.5 Å². The lowest BCUT2D eigenvalue weighted by atomic mass is 9.90. The molecule has 0 bridgehead atoms. The third-order valence-electron chi connectivity index (χ3n) is 7.28. The monoisotopic (exact) mass is 500 g/mol. The number of amides is 1. The van der Waals surface area contributed by atoms with Crippen molar-refractivity contribution in [3.63, 3.8) is 0 Å². The molecular weight excluding hydrogens is 464 g/mol. The smallest absolute Gasteiger partial charge is 0.289 e. The minimum absolute atomic E-state index is 0.0278. The number of aromatic nitrogens is 2. The van der Waals surface area contributed by atoms with Gasteiger partial charge in [-0.15, -0.1) is 0 Å². The zero-order valence-electron chi connectivity index (χ0n) is 21.4. The number of nitrogens with one attached hydrogen (secondary N) is 2. The molecular formula is C28H36N8O. The Morgan fingerprint density at radius 1 is 1.08 bits per heavy atom. The van der Waals surface area contributed by atoms with Gasteiger partial charge in [0, 0.05) is 31.1 Å². The maximum absolute atomic E-state index is 13.3. The Bertz CT molecular complexity index is 1270. The summed E-state index contributed by atoms with van der Waals surface area (Å²) in [5.41, 5.74) is 14.5. The SMILES string of the molecule is Cc1ccc2nc(C(=O)N[C@H]3CCN(Cc4ccccc4)C3)nc(NC3CCCCC3N=C(N)N)c2c1. The van der Waals surface area contributed by atoms with Gasteiger partial charge in [0.25, 0.3) is 5.91 Å². The Labute approximate surface area is 217 Å². The van der Waals surface area contributed by atoms with Crippen molar-refractivity contribution in [1.29, 1.82) is 0 Å². The Balaban J connectivity index is 1.34. The van der Waals surface area contributed by atoms with Crippen LogP contribution in [0.2, 0.25) is 0 Å². The number of nitrogens with two attached hydrogens (primary N) is 2. The first-order chi connectivity index (χ1) is 17.9. The summed E-state index contributed by atoms with van der Waals surface area (Å²) in [6.45, 7) is 4.67. The predicted molar refractivity (Wildman–Crippen MR) is 147 cm³/mol. The van der Waals surface area contributed by atoms with Gasteiger partial charge in [-0.25, -0.2) is 15.0 Å². The lowest BCUT2D eigenvalue weighted by Crippen LogP contribution is -2.39. The van der Waals surface area contributed by atoms with Crippen molar-refractivity contribution >= 4 is 28.6 Å². The van der Waals surface area contributed by atoms with E-state index >= 15 is 0 Å². The molecule has 0 radical (unpaired) electrons. The number of rotatable bonds is 7. The summed E-state index contributed by atoms with van der Waals surface area (Å²) >= 11 is 0. The van der Waals surface area contributed by atoms with Crippen LogP contribution in [0.5, 0.6) is 0 Å². The molecule has 2 fully saturated rings. The maximum Gasteiger partial charge on any atom is 0.289 e. The molecule has 0 spiro atoms. The lowest BCUT2D eigenvalue weighted by molar-refractivity contribution is 0.0927. The van der Waals surface area contributed by atoms with Gasteiger partial charge in [-0.2, -0.15) is 0 Å². The number of hydrogen-bond acceptors (Lipinski definition) is 6. The molecule has 9 nitrogen and oxygen atoms in total. The van der Waals surface area contributed by atoms with Gasteiger partial charge in [0.1, 0.15) is 5.82 Å². The molecule has 2 aromatic carbocycles. The van der Waals surface area contributed by atoms with Gasteiger partial charge < -0.3 is 22.1 Å². The molecule has 2 aliphatic rings. The number of guanidine groups is 1. The molecule has 1 saturated carbocycles. The molecule has 1 amide bonds. The lowest BCUT2D eigenvalue weighted by Gasteiger charge is -2.30. The molecule has 1 aliphatic heterocycles. The third kappa shape index (κ3) is 6.17. The van der Waals surface area contributed by atoms with Crippen molar-refractivity contribution < 1.29 is 4.79 Å². The minimum atomic E-state index is -0.249. The van der Waals surface area contributed by atoms with E-state index in [0.29, 0.717) is 5.82 Å². The van der Waals surface area contributed by atoms with Crippen molar-refractivity contribution in [1.82, 2.24) is 20.2 Å². The number of nitrogens with zero attached hydrogens (tertiary/aromatic N) is 4. The van der Waals surface area contributed by atoms with E-state index in [1.807, 2.05) is 25.1 Å². The van der Waals surface area contributed by atoms with Crippen molar-refractivity contribution in [2.75, 3.05) is 18.4 Å². The van der Waals surface area contributed by atoms with Gasteiger partial charge in [0.2, 0.25) is 5.82 Å². The summed E-state index contributed by atoms with van der Waals surface area (Å²) in [5.74, 6) is 0.676. The number of anilines is 1. The highest BCUT2D eigenvalue weighted by atomic mass is 16.2. The maximum atomic E-state index is 13.3. The molecule has 37 heavy (non-hydrogen) atoms. The van der Waals surface area contributed by atoms with Gasteiger partial charge >= 0.3 is 0 Å². The van der Waals surface area contributed by atoms with E-state index in [9.17, 15) is 4.79 Å². The topological polar surface area (TPSA) is 135 Å². The first-order valence-electron chi connectivity index (χ1n) is 13.2. The summed E-state index contributed by atoms with van der Waals surface area (Å²) in [5, 5.41) is 7.63. The second-order valence-corrected chi connectivity index (χ2v) is 10.3. The van der Waals surface area contributed by atoms with E-state index in [4.69, 9.17) is 16.5 Å². The van der Waals surface area contributed by atoms with Crippen molar-refractivity contribution in [2.24, 2.45) is 16.5 Å². The van der Waals surface area contributed by atoms with Crippen LogP contribution in [0.25, 0.3) is 10.9 Å². The van der Waals surface area contributed by atoms with Crippen molar-refractivity contribution in [3.8, 4) is 0 Å². The predicted octanol–water partition coefficient (Wildman–Crippen LogP) is 2.94. The standard InChI is InChI=1S/C28H36N8O/c1-18-11-12-22-21(15-18)25(33-23-9-5-6-10-24(23)34-28(29)30)35-26(32-22)27(37)31-20-13-14-36(17-20)16-19-7-3-2-4-8-19/h2-4,7-8,11-12,15,20,23-24H,5-6,9-10,13-14,16-17H2,1H3,(H,31,37)(H4,29,30,34)(H,32,33,35)/t20-,23?,24?/m0/s1. The van der Waals surface area contributed by atoms with E-state index in [1.165, 1.54) is 5.56 Å². The van der Waals surface area contributed by atoms with Crippen LogP contribution in [0.3, 0.4) is 0 Å². The van der Waals surface area contributed by atoms with E-state index in [0.717, 1.165) is 68.2 Å². The normalized spacial score (nSPS) is 22.0. The minimum Gasteiger partial charge on any atom is -0.370 e. The number of carbonyl (C=O) groups excluding carboxylic acids is 1. The highest BCUT2D eigenvalue weighted by molar-refractivity contribution is 5.96. The van der Waals surface area contributed by atoms with E-state index in [1.54, 1.807) is 0 Å². The van der Waals surface area contributed by atoms with E-state index in [2.05, 4.69) is 55.8 Å². The number of aryl methyl sites for hydroxylation is 1. The van der Waals surface area contributed by atoms with Gasteiger partial charge in [0.05, 0.1) is 17.6 Å². The average molecular weight is 501 g/mol. The molecule has 1 aliphatic carbocycles. The molecule has 194 valence electrons. The van der Waals surface area contributed by atoms with Gasteiger partial charge in [-0.05, 0) is 43.9 Å². The van der Waals surface area contributed by atoms with Gasteiger partial charge in [-0.3, -0.25) is 9.69 Å². The fourth-order valence-electron chi connectivity index (χ4n) is 5.44. The first kappa shape index (κ1) is 25.0. The van der Waals surface area contributed by atoms with Crippen LogP contribution in [0.1, 0.15) is 53.8 Å². The fourth-order valence-corrected chi connectivity index (χ4v) is 5.44. The van der Waals surface area contributed by atoms with E-state index < -0.39 is 0 Å². The summed E-state index contributed by atoms with van der Waals surface area (Å²) in [7, 11) is 0. The molecule has 9 heteroatoms. The van der Waals surface area contributed by atoms with Crippen LogP contribution in [-0.2, 0) is 6.54 Å². The summed E-state index contributed by atoms with van der Waals surface area (Å²) in [6.07, 6.45) is 4.91. The quantitative estimate of drug-likeness (QED) is 0.289. The van der Waals surface area contributed by atoms with Gasteiger partial charge in [-0.1, -0.05) is 54.8 Å². The number of hydrogen-bond donors (Lipinski definition) is 4. The third-order valence-corrected chi connectivity index (χ3v) is 7.28. The van der Waals surface area contributed by atoms with Crippen LogP contribution in [0.4, 0.5) is 5.82 Å². The summed E-state index contributed by atoms with van der Waals surface area (Å²) in [6, 6.07) is 16.5. The molecule has 6 N–H and O–H groups in total. The van der Waals surface area contributed by atoms with Crippen LogP contribution in [0, 0.1) is 6.92 Å². The molecule has 1 saturated heterocycles. The average Bonchev–Trinajstić information content (AvgIpc) is 3.32. The second-order valence-electron chi connectivity index (χ2n) is 10.3. The first-order valence-corrected chi connectivity index (χ1v) is 13.2. The molecule has 2 unspecified atom stereocenters. The number of likely N-dealkylation sites (tertiary alicyclic amines) is 1. The van der Waals surface area contributed by atoms with Crippen molar-refractivity contribution in [2.45, 2.75) is 63.7 Å². The highest BCUT2D eigenvalue weighted by Crippen LogP contribution is 2.28. The van der Waals surface area contributed by atoms with Crippen LogP contribution >= 0.6 is 0 Å². The summed E-state index contributed by atoms with van der Waals surface area (Å²) in [4.78, 5) is 29.5. The molecule has 3 atom stereocenters. The molecule has 2 heterocycles.